The van der Waals surface area contributed by atoms with E-state index in [9.17, 15) is 4.79 Å². The lowest BCUT2D eigenvalue weighted by Crippen LogP contribution is -2.34. The van der Waals surface area contributed by atoms with Gasteiger partial charge in [-0.25, -0.2) is 4.98 Å². The highest BCUT2D eigenvalue weighted by Crippen LogP contribution is 2.15. The highest BCUT2D eigenvalue weighted by molar-refractivity contribution is 5.80. The van der Waals surface area contributed by atoms with Crippen LogP contribution in [0.5, 0.6) is 0 Å². The summed E-state index contributed by atoms with van der Waals surface area (Å²) < 4.78 is 0. The van der Waals surface area contributed by atoms with E-state index >= 15 is 0 Å². The number of aromatic amines is 1. The lowest BCUT2D eigenvalue weighted by molar-refractivity contribution is -0.129. The van der Waals surface area contributed by atoms with Crippen molar-refractivity contribution in [3.63, 3.8) is 0 Å². The molecule has 17 heavy (non-hydrogen) atoms. The second-order valence-corrected chi connectivity index (χ2v) is 4.05. The van der Waals surface area contributed by atoms with Crippen molar-refractivity contribution in [2.24, 2.45) is 0 Å². The second-order valence-electron chi connectivity index (χ2n) is 4.05. The average molecular weight is 233 g/mol. The Bertz CT molecular complexity index is 500. The first-order valence-electron chi connectivity index (χ1n) is 5.51. The fourth-order valence-corrected chi connectivity index (χ4v) is 1.58. The van der Waals surface area contributed by atoms with Gasteiger partial charge in [-0.3, -0.25) is 4.79 Å². The van der Waals surface area contributed by atoms with Gasteiger partial charge in [-0.05, 0) is 26.0 Å². The van der Waals surface area contributed by atoms with Gasteiger partial charge in [-0.1, -0.05) is 12.1 Å². The number of nitrogens with one attached hydrogen (secondary N) is 2. The SMILES string of the molecule is CC(O)C(=O)NC(C)c1nc2ccccc2[nH]1. The summed E-state index contributed by atoms with van der Waals surface area (Å²) in [5.74, 6) is 0.276. The van der Waals surface area contributed by atoms with Crippen LogP contribution in [0.25, 0.3) is 11.0 Å². The molecular weight excluding hydrogens is 218 g/mol. The van der Waals surface area contributed by atoms with Crippen LogP contribution in [0.1, 0.15) is 25.7 Å². The molecule has 0 aliphatic carbocycles. The third kappa shape index (κ3) is 2.45. The number of aliphatic hydroxyl groups excluding tert-OH is 1. The van der Waals surface area contributed by atoms with Gasteiger partial charge in [0.25, 0.3) is 0 Å². The zero-order valence-corrected chi connectivity index (χ0v) is 9.77. The van der Waals surface area contributed by atoms with Crippen LogP contribution >= 0.6 is 0 Å². The van der Waals surface area contributed by atoms with Crippen LogP contribution in [0, 0.1) is 0 Å². The molecule has 2 rings (SSSR count). The number of aromatic nitrogens is 2. The highest BCUT2D eigenvalue weighted by Gasteiger charge is 2.16. The minimum atomic E-state index is -1.01. The van der Waals surface area contributed by atoms with Crippen LogP contribution in [0.4, 0.5) is 0 Å². The fourth-order valence-electron chi connectivity index (χ4n) is 1.58. The summed E-state index contributed by atoms with van der Waals surface area (Å²) in [5.41, 5.74) is 1.79. The maximum Gasteiger partial charge on any atom is 0.249 e. The lowest BCUT2D eigenvalue weighted by atomic mass is 10.3. The molecule has 2 unspecified atom stereocenters. The number of aliphatic hydroxyl groups is 1. The molecule has 3 N–H and O–H groups in total. The van der Waals surface area contributed by atoms with Gasteiger partial charge < -0.3 is 15.4 Å². The van der Waals surface area contributed by atoms with Crippen molar-refractivity contribution < 1.29 is 9.90 Å². The normalized spacial score (nSPS) is 14.5. The molecule has 0 spiro atoms. The minimum Gasteiger partial charge on any atom is -0.384 e. The van der Waals surface area contributed by atoms with Crippen molar-refractivity contribution >= 4 is 16.9 Å². The number of H-pyrrole nitrogens is 1. The molecule has 5 heteroatoms. The Morgan fingerprint density at radius 3 is 2.76 bits per heavy atom. The Hall–Kier alpha value is -1.88. The Morgan fingerprint density at radius 2 is 2.12 bits per heavy atom. The number of para-hydroxylation sites is 2. The number of carbonyl (C=O) groups excluding carboxylic acids is 1. The largest absolute Gasteiger partial charge is 0.384 e. The van der Waals surface area contributed by atoms with Gasteiger partial charge in [-0.2, -0.15) is 0 Å². The molecule has 1 amide bonds. The summed E-state index contributed by atoms with van der Waals surface area (Å²) >= 11 is 0. The molecule has 0 aliphatic heterocycles. The van der Waals surface area contributed by atoms with E-state index in [0.717, 1.165) is 11.0 Å². The van der Waals surface area contributed by atoms with Crippen molar-refractivity contribution in [2.75, 3.05) is 0 Å². The molecular formula is C12H15N3O2. The number of carbonyl (C=O) groups is 1. The van der Waals surface area contributed by atoms with Gasteiger partial charge in [0.2, 0.25) is 5.91 Å². The zero-order chi connectivity index (χ0) is 12.4. The summed E-state index contributed by atoms with van der Waals surface area (Å²) in [5, 5.41) is 11.8. The van der Waals surface area contributed by atoms with Crippen molar-refractivity contribution in [3.05, 3.63) is 30.1 Å². The smallest absolute Gasteiger partial charge is 0.249 e. The van der Waals surface area contributed by atoms with Gasteiger partial charge in [-0.15, -0.1) is 0 Å². The minimum absolute atomic E-state index is 0.260. The number of benzene rings is 1. The van der Waals surface area contributed by atoms with Crippen LogP contribution in [0.2, 0.25) is 0 Å². The van der Waals surface area contributed by atoms with Crippen LogP contribution in [0.15, 0.2) is 24.3 Å². The van der Waals surface area contributed by atoms with Gasteiger partial charge in [0.15, 0.2) is 0 Å². The Balaban J connectivity index is 2.19. The van der Waals surface area contributed by atoms with Crippen LogP contribution in [-0.4, -0.2) is 27.1 Å². The first-order chi connectivity index (χ1) is 8.08. The van der Waals surface area contributed by atoms with Crippen LogP contribution < -0.4 is 5.32 Å². The maximum atomic E-state index is 11.3. The van der Waals surface area contributed by atoms with Gasteiger partial charge in [0.05, 0.1) is 17.1 Å². The van der Waals surface area contributed by atoms with Gasteiger partial charge in [0.1, 0.15) is 11.9 Å². The summed E-state index contributed by atoms with van der Waals surface area (Å²) in [7, 11) is 0. The van der Waals surface area contributed by atoms with E-state index < -0.39 is 12.0 Å². The topological polar surface area (TPSA) is 78.0 Å². The third-order valence-corrected chi connectivity index (χ3v) is 2.56. The molecule has 0 radical (unpaired) electrons. The number of nitrogens with zero attached hydrogens (tertiary/aromatic N) is 1. The maximum absolute atomic E-state index is 11.3. The number of amides is 1. The number of hydrogen-bond acceptors (Lipinski definition) is 3. The molecule has 0 fully saturated rings. The molecule has 0 aliphatic rings. The van der Waals surface area contributed by atoms with E-state index in [1.807, 2.05) is 31.2 Å². The highest BCUT2D eigenvalue weighted by atomic mass is 16.3. The van der Waals surface area contributed by atoms with E-state index in [-0.39, 0.29) is 6.04 Å². The standard InChI is InChI=1S/C12H15N3O2/c1-7(13-12(17)8(2)16)11-14-9-5-3-4-6-10(9)15-11/h3-8,16H,1-2H3,(H,13,17)(H,14,15). The summed E-state index contributed by atoms with van der Waals surface area (Å²) in [6.45, 7) is 3.25. The lowest BCUT2D eigenvalue weighted by Gasteiger charge is -2.12. The summed E-state index contributed by atoms with van der Waals surface area (Å²) in [6, 6.07) is 7.40. The Labute approximate surface area is 98.9 Å². The van der Waals surface area contributed by atoms with Crippen molar-refractivity contribution in [1.82, 2.24) is 15.3 Å². The molecule has 90 valence electrons. The van der Waals surface area contributed by atoms with E-state index in [4.69, 9.17) is 5.11 Å². The molecule has 5 nitrogen and oxygen atoms in total. The number of fused-ring (bicyclic) bond motifs is 1. The summed E-state index contributed by atoms with van der Waals surface area (Å²) in [4.78, 5) is 18.8. The molecule has 0 saturated carbocycles. The molecule has 0 saturated heterocycles. The van der Waals surface area contributed by atoms with Gasteiger partial charge in [0, 0.05) is 0 Å². The molecule has 0 bridgehead atoms. The predicted molar refractivity (Wildman–Crippen MR) is 64.3 cm³/mol. The van der Waals surface area contributed by atoms with Crippen molar-refractivity contribution in [2.45, 2.75) is 26.0 Å². The Kier molecular flexibility index (Phi) is 3.10. The number of rotatable bonds is 3. The summed E-state index contributed by atoms with van der Waals surface area (Å²) in [6.07, 6.45) is -1.01. The third-order valence-electron chi connectivity index (χ3n) is 2.56. The first kappa shape index (κ1) is 11.6. The van der Waals surface area contributed by atoms with Gasteiger partial charge >= 0.3 is 0 Å². The average Bonchev–Trinajstić information content (AvgIpc) is 2.72. The monoisotopic (exact) mass is 233 g/mol. The van der Waals surface area contributed by atoms with E-state index in [2.05, 4.69) is 15.3 Å². The molecule has 2 atom stereocenters. The Morgan fingerprint density at radius 1 is 1.41 bits per heavy atom. The van der Waals surface area contributed by atoms with Crippen molar-refractivity contribution in [1.29, 1.82) is 0 Å². The first-order valence-corrected chi connectivity index (χ1v) is 5.51. The molecule has 1 aromatic heterocycles. The van der Waals surface area contributed by atoms with Crippen LogP contribution in [-0.2, 0) is 4.79 Å². The fraction of sp³-hybridized carbons (Fsp3) is 0.333. The van der Waals surface area contributed by atoms with Crippen LogP contribution in [0.3, 0.4) is 0 Å². The predicted octanol–water partition coefficient (Wildman–Crippen LogP) is 1.12. The quantitative estimate of drug-likeness (QED) is 0.743. The molecule has 1 aromatic carbocycles. The number of hydrogen-bond donors (Lipinski definition) is 3. The number of imidazole rings is 1. The second kappa shape index (κ2) is 4.55. The van der Waals surface area contributed by atoms with E-state index in [0.29, 0.717) is 5.82 Å². The van der Waals surface area contributed by atoms with E-state index in [1.54, 1.807) is 0 Å². The molecule has 2 aromatic rings. The molecule has 1 heterocycles. The van der Waals surface area contributed by atoms with E-state index in [1.165, 1.54) is 6.92 Å². The van der Waals surface area contributed by atoms with Crippen molar-refractivity contribution in [3.8, 4) is 0 Å². The zero-order valence-electron chi connectivity index (χ0n) is 9.77.